The zero-order valence-electron chi connectivity index (χ0n) is 7.31. The molecular weight excluding hydrogens is 173 g/mol. The fourth-order valence-electron chi connectivity index (χ4n) is 1.87. The van der Waals surface area contributed by atoms with Gasteiger partial charge in [0.15, 0.2) is 0 Å². The van der Waals surface area contributed by atoms with Gasteiger partial charge in [-0.3, -0.25) is 0 Å². The molecule has 2 aliphatic rings. The van der Waals surface area contributed by atoms with Gasteiger partial charge in [-0.05, 0) is 12.8 Å². The molecule has 2 rings (SSSR count). The molecule has 1 saturated carbocycles. The molecular formula is C9H16FNS. The highest BCUT2D eigenvalue weighted by Gasteiger charge is 2.34. The Morgan fingerprint density at radius 1 is 1.33 bits per heavy atom. The Hall–Kier alpha value is 0.240. The van der Waals surface area contributed by atoms with Gasteiger partial charge in [0.05, 0.1) is 0 Å². The highest BCUT2D eigenvalue weighted by atomic mass is 32.2. The number of alkyl halides is 1. The first-order chi connectivity index (χ1) is 5.79. The second-order valence-corrected chi connectivity index (χ2v) is 5.05. The molecule has 0 radical (unpaired) electrons. The predicted octanol–water partition coefficient (Wildman–Crippen LogP) is 1.97. The van der Waals surface area contributed by atoms with Crippen molar-refractivity contribution >= 4 is 11.8 Å². The minimum atomic E-state index is -0.861. The lowest BCUT2D eigenvalue weighted by Crippen LogP contribution is -2.46. The van der Waals surface area contributed by atoms with Crippen LogP contribution in [0, 0.1) is 0 Å². The van der Waals surface area contributed by atoms with Gasteiger partial charge >= 0.3 is 0 Å². The van der Waals surface area contributed by atoms with E-state index >= 15 is 0 Å². The van der Waals surface area contributed by atoms with Crippen molar-refractivity contribution in [2.45, 2.75) is 37.4 Å². The Morgan fingerprint density at radius 3 is 2.50 bits per heavy atom. The summed E-state index contributed by atoms with van der Waals surface area (Å²) in [7, 11) is 0. The van der Waals surface area contributed by atoms with Crippen molar-refractivity contribution in [3.05, 3.63) is 0 Å². The molecule has 70 valence electrons. The van der Waals surface area contributed by atoms with Gasteiger partial charge in [0, 0.05) is 24.1 Å². The van der Waals surface area contributed by atoms with Crippen LogP contribution < -0.4 is 5.32 Å². The van der Waals surface area contributed by atoms with Crippen molar-refractivity contribution in [1.29, 1.82) is 0 Å². The third-order valence-electron chi connectivity index (χ3n) is 2.85. The van der Waals surface area contributed by atoms with Crippen molar-refractivity contribution in [2.75, 3.05) is 18.1 Å². The largest absolute Gasteiger partial charge is 0.309 e. The first-order valence-corrected chi connectivity index (χ1v) is 5.94. The van der Waals surface area contributed by atoms with Crippen LogP contribution >= 0.6 is 11.8 Å². The van der Waals surface area contributed by atoms with E-state index in [1.807, 2.05) is 11.8 Å². The molecule has 0 aromatic carbocycles. The van der Waals surface area contributed by atoms with Crippen LogP contribution in [0.25, 0.3) is 0 Å². The number of hydrogen-bond acceptors (Lipinski definition) is 2. The molecule has 0 spiro atoms. The lowest BCUT2D eigenvalue weighted by atomic mass is 10.0. The Kier molecular flexibility index (Phi) is 2.60. The molecule has 1 aliphatic heterocycles. The highest BCUT2D eigenvalue weighted by molar-refractivity contribution is 8.00. The molecule has 3 heteroatoms. The number of thioether (sulfide) groups is 1. The smallest absolute Gasteiger partial charge is 0.123 e. The van der Waals surface area contributed by atoms with Gasteiger partial charge in [-0.25, -0.2) is 4.39 Å². The summed E-state index contributed by atoms with van der Waals surface area (Å²) >= 11 is 1.94. The number of halogens is 1. The van der Waals surface area contributed by atoms with E-state index in [2.05, 4.69) is 5.32 Å². The fourth-order valence-corrected chi connectivity index (χ4v) is 2.57. The lowest BCUT2D eigenvalue weighted by Gasteiger charge is -2.29. The molecule has 0 atom stereocenters. The molecule has 12 heavy (non-hydrogen) atoms. The second kappa shape index (κ2) is 3.54. The van der Waals surface area contributed by atoms with Gasteiger partial charge in [0.1, 0.15) is 5.67 Å². The SMILES string of the molecule is FC1(CNC2CSC2)CCCC1. The minimum Gasteiger partial charge on any atom is -0.309 e. The molecule has 0 unspecified atom stereocenters. The van der Waals surface area contributed by atoms with Gasteiger partial charge in [-0.15, -0.1) is 0 Å². The van der Waals surface area contributed by atoms with E-state index in [0.717, 1.165) is 25.7 Å². The lowest BCUT2D eigenvalue weighted by molar-refractivity contribution is 0.164. The summed E-state index contributed by atoms with van der Waals surface area (Å²) in [5.41, 5.74) is -0.861. The predicted molar refractivity (Wildman–Crippen MR) is 51.4 cm³/mol. The summed E-state index contributed by atoms with van der Waals surface area (Å²) in [6.45, 7) is 0.595. The molecule has 1 N–H and O–H groups in total. The maximum atomic E-state index is 13.8. The molecule has 0 aromatic heterocycles. The van der Waals surface area contributed by atoms with Crippen molar-refractivity contribution in [3.8, 4) is 0 Å². The topological polar surface area (TPSA) is 12.0 Å². The number of nitrogens with one attached hydrogen (secondary N) is 1. The van der Waals surface area contributed by atoms with Crippen LogP contribution in [0.2, 0.25) is 0 Å². The normalized spacial score (nSPS) is 28.8. The van der Waals surface area contributed by atoms with Gasteiger partial charge < -0.3 is 5.32 Å². The Morgan fingerprint density at radius 2 is 2.00 bits per heavy atom. The first-order valence-electron chi connectivity index (χ1n) is 4.79. The van der Waals surface area contributed by atoms with Crippen molar-refractivity contribution < 1.29 is 4.39 Å². The summed E-state index contributed by atoms with van der Waals surface area (Å²) in [6, 6.07) is 0.600. The van der Waals surface area contributed by atoms with E-state index in [1.54, 1.807) is 0 Å². The standard InChI is InChI=1S/C9H16FNS/c10-9(3-1-2-4-9)7-11-8-5-12-6-8/h8,11H,1-7H2. The van der Waals surface area contributed by atoms with Gasteiger partial charge in [0.2, 0.25) is 0 Å². The molecule has 0 amide bonds. The number of rotatable bonds is 3. The molecule has 0 aromatic rings. The van der Waals surface area contributed by atoms with E-state index in [4.69, 9.17) is 0 Å². The zero-order valence-corrected chi connectivity index (χ0v) is 8.13. The van der Waals surface area contributed by atoms with E-state index in [1.165, 1.54) is 11.5 Å². The zero-order chi connectivity index (χ0) is 8.44. The molecule has 1 nitrogen and oxygen atoms in total. The van der Waals surface area contributed by atoms with Gasteiger partial charge in [-0.1, -0.05) is 12.8 Å². The van der Waals surface area contributed by atoms with E-state index in [-0.39, 0.29) is 0 Å². The Bertz CT molecular complexity index is 153. The number of hydrogen-bond donors (Lipinski definition) is 1. The highest BCUT2D eigenvalue weighted by Crippen LogP contribution is 2.33. The van der Waals surface area contributed by atoms with E-state index < -0.39 is 5.67 Å². The van der Waals surface area contributed by atoms with Crippen LogP contribution in [0.3, 0.4) is 0 Å². The van der Waals surface area contributed by atoms with Crippen molar-refractivity contribution in [3.63, 3.8) is 0 Å². The minimum absolute atomic E-state index is 0.595. The van der Waals surface area contributed by atoms with Crippen LogP contribution in [0.15, 0.2) is 0 Å². The summed E-state index contributed by atoms with van der Waals surface area (Å²) in [5.74, 6) is 2.35. The summed E-state index contributed by atoms with van der Waals surface area (Å²) in [4.78, 5) is 0. The summed E-state index contributed by atoms with van der Waals surface area (Å²) in [5, 5.41) is 3.31. The first kappa shape index (κ1) is 8.82. The van der Waals surface area contributed by atoms with Crippen LogP contribution in [0.5, 0.6) is 0 Å². The monoisotopic (exact) mass is 189 g/mol. The van der Waals surface area contributed by atoms with Crippen LogP contribution in [-0.2, 0) is 0 Å². The molecule has 0 bridgehead atoms. The van der Waals surface area contributed by atoms with Crippen LogP contribution in [-0.4, -0.2) is 29.8 Å². The molecule has 2 fully saturated rings. The van der Waals surface area contributed by atoms with Gasteiger partial charge in [0.25, 0.3) is 0 Å². The summed E-state index contributed by atoms with van der Waals surface area (Å²) in [6.07, 6.45) is 3.72. The molecule has 1 saturated heterocycles. The van der Waals surface area contributed by atoms with Crippen LogP contribution in [0.4, 0.5) is 4.39 Å². The summed E-state index contributed by atoms with van der Waals surface area (Å²) < 4.78 is 13.8. The van der Waals surface area contributed by atoms with Crippen molar-refractivity contribution in [2.24, 2.45) is 0 Å². The second-order valence-electron chi connectivity index (χ2n) is 3.97. The van der Waals surface area contributed by atoms with E-state index in [0.29, 0.717) is 12.6 Å². The average molecular weight is 189 g/mol. The third-order valence-corrected chi connectivity index (χ3v) is 4.12. The fraction of sp³-hybridized carbons (Fsp3) is 1.00. The third kappa shape index (κ3) is 1.94. The Labute approximate surface area is 77.5 Å². The van der Waals surface area contributed by atoms with Gasteiger partial charge in [-0.2, -0.15) is 11.8 Å². The maximum Gasteiger partial charge on any atom is 0.123 e. The molecule has 1 aliphatic carbocycles. The quantitative estimate of drug-likeness (QED) is 0.728. The Balaban J connectivity index is 1.70. The van der Waals surface area contributed by atoms with Crippen LogP contribution in [0.1, 0.15) is 25.7 Å². The molecule has 1 heterocycles. The average Bonchev–Trinajstić information content (AvgIpc) is 2.33. The van der Waals surface area contributed by atoms with Crippen molar-refractivity contribution in [1.82, 2.24) is 5.32 Å². The van der Waals surface area contributed by atoms with E-state index in [9.17, 15) is 4.39 Å². The maximum absolute atomic E-state index is 13.8.